The van der Waals surface area contributed by atoms with Crippen molar-refractivity contribution in [1.82, 2.24) is 10.3 Å². The summed E-state index contributed by atoms with van der Waals surface area (Å²) in [7, 11) is 0. The van der Waals surface area contributed by atoms with E-state index < -0.39 is 6.29 Å². The summed E-state index contributed by atoms with van der Waals surface area (Å²) >= 11 is 12.1. The van der Waals surface area contributed by atoms with E-state index in [2.05, 4.69) is 16.4 Å². The molecule has 2 aromatic rings. The molecule has 1 aromatic heterocycles. The molecule has 1 fully saturated rings. The van der Waals surface area contributed by atoms with Crippen molar-refractivity contribution in [2.45, 2.75) is 18.8 Å². The van der Waals surface area contributed by atoms with Crippen LogP contribution in [0.25, 0.3) is 0 Å². The highest BCUT2D eigenvalue weighted by molar-refractivity contribution is 6.42. The van der Waals surface area contributed by atoms with Gasteiger partial charge in [0.25, 0.3) is 0 Å². The van der Waals surface area contributed by atoms with Crippen molar-refractivity contribution < 1.29 is 9.47 Å². The lowest BCUT2D eigenvalue weighted by Crippen LogP contribution is -2.31. The van der Waals surface area contributed by atoms with Crippen LogP contribution in [-0.4, -0.2) is 24.4 Å². The Balaban J connectivity index is 0.00000225. The zero-order chi connectivity index (χ0) is 16.9. The van der Waals surface area contributed by atoms with E-state index >= 15 is 0 Å². The summed E-state index contributed by atoms with van der Waals surface area (Å²) in [4.78, 5) is 4.11. The van der Waals surface area contributed by atoms with Gasteiger partial charge in [0.1, 0.15) is 11.6 Å². The fourth-order valence-electron chi connectivity index (χ4n) is 2.47. The van der Waals surface area contributed by atoms with Gasteiger partial charge in [0.05, 0.1) is 22.7 Å². The molecule has 0 radical (unpaired) electrons. The third-order valence-electron chi connectivity index (χ3n) is 3.66. The molecule has 1 aromatic carbocycles. The molecular formula is C17H16Cl3N3O2. The van der Waals surface area contributed by atoms with E-state index in [-0.39, 0.29) is 24.4 Å². The molecule has 1 N–H and O–H groups in total. The minimum absolute atomic E-state index is 0. The number of hydrogen-bond donors (Lipinski definition) is 1. The molecular weight excluding hydrogens is 385 g/mol. The van der Waals surface area contributed by atoms with Gasteiger partial charge in [0.15, 0.2) is 0 Å². The molecule has 0 bridgehead atoms. The predicted molar refractivity (Wildman–Crippen MR) is 98.4 cm³/mol. The monoisotopic (exact) mass is 399 g/mol. The quantitative estimate of drug-likeness (QED) is 0.839. The Hall–Kier alpha value is -1.55. The second-order valence-corrected chi connectivity index (χ2v) is 6.12. The molecule has 1 aliphatic rings. The van der Waals surface area contributed by atoms with Gasteiger partial charge < -0.3 is 14.8 Å². The van der Waals surface area contributed by atoms with Crippen LogP contribution >= 0.6 is 35.6 Å². The largest absolute Gasteiger partial charge is 0.445 e. The number of aromatic nitrogens is 1. The van der Waals surface area contributed by atoms with Crippen LogP contribution in [0, 0.1) is 11.3 Å². The molecule has 8 heteroatoms. The van der Waals surface area contributed by atoms with Crippen molar-refractivity contribution in [3.05, 3.63) is 57.7 Å². The molecule has 2 heterocycles. The van der Waals surface area contributed by atoms with Gasteiger partial charge in [-0.2, -0.15) is 5.26 Å². The van der Waals surface area contributed by atoms with Crippen molar-refractivity contribution in [3.8, 4) is 11.9 Å². The van der Waals surface area contributed by atoms with Gasteiger partial charge in [-0.1, -0.05) is 29.3 Å². The molecule has 0 spiro atoms. The molecule has 0 aliphatic carbocycles. The Labute approximate surface area is 162 Å². The van der Waals surface area contributed by atoms with Crippen LogP contribution in [-0.2, 0) is 4.74 Å². The Kier molecular flexibility index (Phi) is 7.30. The Morgan fingerprint density at radius 3 is 2.88 bits per heavy atom. The van der Waals surface area contributed by atoms with Crippen LogP contribution in [0.1, 0.15) is 23.7 Å². The summed E-state index contributed by atoms with van der Waals surface area (Å²) in [6, 6.07) is 10.9. The minimum Gasteiger partial charge on any atom is -0.445 e. The summed E-state index contributed by atoms with van der Waals surface area (Å²) in [5, 5.41) is 13.4. The van der Waals surface area contributed by atoms with E-state index in [1.54, 1.807) is 30.5 Å². The molecule has 0 saturated carbocycles. The summed E-state index contributed by atoms with van der Waals surface area (Å²) in [5.74, 6) is 0.265. The average Bonchev–Trinajstić information content (AvgIpc) is 2.83. The van der Waals surface area contributed by atoms with Crippen molar-refractivity contribution in [1.29, 1.82) is 5.26 Å². The van der Waals surface area contributed by atoms with Crippen molar-refractivity contribution in [2.75, 3.05) is 13.1 Å². The first-order chi connectivity index (χ1) is 11.7. The molecule has 1 aliphatic heterocycles. The smallest absolute Gasteiger partial charge is 0.234 e. The van der Waals surface area contributed by atoms with Gasteiger partial charge in [0.2, 0.25) is 12.2 Å². The lowest BCUT2D eigenvalue weighted by atomic mass is 10.1. The molecule has 0 amide bonds. The van der Waals surface area contributed by atoms with E-state index in [0.717, 1.165) is 18.5 Å². The Morgan fingerprint density at radius 1 is 1.28 bits per heavy atom. The maximum absolute atomic E-state index is 9.14. The molecule has 2 unspecified atom stereocenters. The fourth-order valence-corrected chi connectivity index (χ4v) is 2.78. The molecule has 25 heavy (non-hydrogen) atoms. The Morgan fingerprint density at radius 2 is 2.12 bits per heavy atom. The topological polar surface area (TPSA) is 67.2 Å². The van der Waals surface area contributed by atoms with E-state index in [9.17, 15) is 0 Å². The van der Waals surface area contributed by atoms with Gasteiger partial charge in [-0.15, -0.1) is 12.4 Å². The minimum atomic E-state index is -0.561. The number of hydrogen-bond acceptors (Lipinski definition) is 5. The fraction of sp³-hybridized carbons (Fsp3) is 0.294. The highest BCUT2D eigenvalue weighted by atomic mass is 35.5. The standard InChI is InChI=1S/C17H15Cl2N3O2.ClH/c18-13-4-3-11(8-14(13)19)15-5-7-21-10-16(23-15)24-17-12(9-20)2-1-6-22-17;/h1-4,6,8,15-16,21H,5,7,10H2;1H. The number of benzene rings is 1. The van der Waals surface area contributed by atoms with Crippen LogP contribution < -0.4 is 10.1 Å². The van der Waals surface area contributed by atoms with Gasteiger partial charge in [-0.05, 0) is 42.8 Å². The van der Waals surface area contributed by atoms with Crippen LogP contribution in [0.3, 0.4) is 0 Å². The third kappa shape index (κ3) is 4.97. The number of nitrogens with zero attached hydrogens (tertiary/aromatic N) is 2. The maximum Gasteiger partial charge on any atom is 0.234 e. The molecule has 5 nitrogen and oxygen atoms in total. The molecule has 3 rings (SSSR count). The number of nitriles is 1. The maximum atomic E-state index is 9.14. The first kappa shape index (κ1) is 19.8. The lowest BCUT2D eigenvalue weighted by Gasteiger charge is -2.22. The van der Waals surface area contributed by atoms with Crippen molar-refractivity contribution in [3.63, 3.8) is 0 Å². The van der Waals surface area contributed by atoms with Gasteiger partial charge in [-0.3, -0.25) is 0 Å². The number of rotatable bonds is 3. The second kappa shape index (κ2) is 9.23. The Bertz CT molecular complexity index is 767. The number of pyridine rings is 1. The van der Waals surface area contributed by atoms with Gasteiger partial charge in [-0.25, -0.2) is 4.98 Å². The van der Waals surface area contributed by atoms with Crippen LogP contribution in [0.15, 0.2) is 36.5 Å². The second-order valence-electron chi connectivity index (χ2n) is 5.31. The first-order valence-corrected chi connectivity index (χ1v) is 8.26. The zero-order valence-electron chi connectivity index (χ0n) is 13.1. The molecule has 1 saturated heterocycles. The first-order valence-electron chi connectivity index (χ1n) is 7.50. The highest BCUT2D eigenvalue weighted by Crippen LogP contribution is 2.30. The third-order valence-corrected chi connectivity index (χ3v) is 4.40. The molecule has 132 valence electrons. The SMILES string of the molecule is Cl.N#Cc1cccnc1OC1CNCCC(c2ccc(Cl)c(Cl)c2)O1. The summed E-state index contributed by atoms with van der Waals surface area (Å²) in [5.41, 5.74) is 1.31. The number of halogens is 3. The summed E-state index contributed by atoms with van der Waals surface area (Å²) in [6.45, 7) is 1.28. The average molecular weight is 401 g/mol. The van der Waals surface area contributed by atoms with Crippen LogP contribution in [0.2, 0.25) is 10.0 Å². The molecule has 2 atom stereocenters. The summed E-state index contributed by atoms with van der Waals surface area (Å²) < 4.78 is 11.8. The van der Waals surface area contributed by atoms with Crippen molar-refractivity contribution >= 4 is 35.6 Å². The van der Waals surface area contributed by atoms with E-state index in [0.29, 0.717) is 22.2 Å². The van der Waals surface area contributed by atoms with E-state index in [4.69, 9.17) is 37.9 Å². The van der Waals surface area contributed by atoms with Gasteiger partial charge >= 0.3 is 0 Å². The van der Waals surface area contributed by atoms with Crippen LogP contribution in [0.4, 0.5) is 0 Å². The predicted octanol–water partition coefficient (Wildman–Crippen LogP) is 4.14. The van der Waals surface area contributed by atoms with E-state index in [1.165, 1.54) is 0 Å². The van der Waals surface area contributed by atoms with Gasteiger partial charge in [0, 0.05) is 6.20 Å². The normalized spacial score (nSPS) is 20.0. The zero-order valence-corrected chi connectivity index (χ0v) is 15.4. The lowest BCUT2D eigenvalue weighted by molar-refractivity contribution is -0.112. The summed E-state index contributed by atoms with van der Waals surface area (Å²) in [6.07, 6.45) is 1.60. The van der Waals surface area contributed by atoms with Crippen LogP contribution in [0.5, 0.6) is 5.88 Å². The van der Waals surface area contributed by atoms with E-state index in [1.807, 2.05) is 6.07 Å². The number of ether oxygens (including phenoxy) is 2. The highest BCUT2D eigenvalue weighted by Gasteiger charge is 2.24. The number of nitrogens with one attached hydrogen (secondary N) is 1. The van der Waals surface area contributed by atoms with Crippen molar-refractivity contribution in [2.24, 2.45) is 0 Å².